The Kier molecular flexibility index (Phi) is 5.74. The van der Waals surface area contributed by atoms with Crippen molar-refractivity contribution in [2.45, 2.75) is 46.3 Å². The number of benzene rings is 2. The molecule has 23 heavy (non-hydrogen) atoms. The second-order valence-electron chi connectivity index (χ2n) is 5.80. The number of rotatable bonds is 7. The van der Waals surface area contributed by atoms with E-state index in [1.165, 1.54) is 0 Å². The molecule has 0 radical (unpaired) electrons. The molecule has 0 aromatic heterocycles. The molecule has 0 heterocycles. The molecule has 0 amide bonds. The van der Waals surface area contributed by atoms with Crippen molar-refractivity contribution in [1.29, 1.82) is 0 Å². The Labute approximate surface area is 138 Å². The molecule has 1 atom stereocenters. The maximum atomic E-state index is 6.07. The summed E-state index contributed by atoms with van der Waals surface area (Å²) in [7, 11) is 0. The van der Waals surface area contributed by atoms with Crippen molar-refractivity contribution < 1.29 is 9.47 Å². The van der Waals surface area contributed by atoms with Crippen LogP contribution in [0, 0.1) is 13.8 Å². The van der Waals surface area contributed by atoms with E-state index < -0.39 is 0 Å². The van der Waals surface area contributed by atoms with Crippen molar-refractivity contribution in [2.24, 2.45) is 0 Å². The van der Waals surface area contributed by atoms with Gasteiger partial charge >= 0.3 is 0 Å². The number of anilines is 2. The number of hydrogen-bond acceptors (Lipinski definition) is 4. The SMILES string of the molecule is CCCCC(Oc1ccc(N)c(C)c1)Oc1cccc(N)c1C. The van der Waals surface area contributed by atoms with E-state index in [0.717, 1.165) is 53.3 Å². The molecule has 4 heteroatoms. The normalized spacial score (nSPS) is 12.0. The van der Waals surface area contributed by atoms with Crippen molar-refractivity contribution in [3.63, 3.8) is 0 Å². The lowest BCUT2D eigenvalue weighted by Gasteiger charge is -2.22. The van der Waals surface area contributed by atoms with Crippen LogP contribution in [0.25, 0.3) is 0 Å². The zero-order valence-electron chi connectivity index (χ0n) is 14.1. The first-order valence-corrected chi connectivity index (χ1v) is 8.05. The number of hydrogen-bond donors (Lipinski definition) is 2. The highest BCUT2D eigenvalue weighted by atomic mass is 16.7. The summed E-state index contributed by atoms with van der Waals surface area (Å²) in [6, 6.07) is 11.3. The van der Waals surface area contributed by atoms with Crippen LogP contribution in [0.2, 0.25) is 0 Å². The highest BCUT2D eigenvalue weighted by Crippen LogP contribution is 2.27. The third-order valence-corrected chi connectivity index (χ3v) is 3.89. The average Bonchev–Trinajstić information content (AvgIpc) is 2.53. The molecule has 4 N–H and O–H groups in total. The molecular weight excluding hydrogens is 288 g/mol. The molecule has 4 nitrogen and oxygen atoms in total. The standard InChI is InChI=1S/C19H26N2O2/c1-4-5-9-19(22-15-10-11-16(20)13(2)12-15)23-18-8-6-7-17(21)14(18)3/h6-8,10-12,19H,4-5,9,20-21H2,1-3H3. The minimum absolute atomic E-state index is 0.349. The van der Waals surface area contributed by atoms with Gasteiger partial charge in [-0.3, -0.25) is 0 Å². The predicted octanol–water partition coefficient (Wildman–Crippen LogP) is 4.44. The average molecular weight is 314 g/mol. The Balaban J connectivity index is 2.15. The predicted molar refractivity (Wildman–Crippen MR) is 95.8 cm³/mol. The van der Waals surface area contributed by atoms with Gasteiger partial charge < -0.3 is 20.9 Å². The van der Waals surface area contributed by atoms with Crippen LogP contribution in [-0.2, 0) is 0 Å². The van der Waals surface area contributed by atoms with Crippen LogP contribution in [-0.4, -0.2) is 6.29 Å². The summed E-state index contributed by atoms with van der Waals surface area (Å²) < 4.78 is 12.1. The number of ether oxygens (including phenoxy) is 2. The Bertz CT molecular complexity index is 656. The molecule has 0 fully saturated rings. The topological polar surface area (TPSA) is 70.5 Å². The lowest BCUT2D eigenvalue weighted by Crippen LogP contribution is -2.24. The van der Waals surface area contributed by atoms with Gasteiger partial charge in [0, 0.05) is 23.4 Å². The van der Waals surface area contributed by atoms with Crippen LogP contribution in [0.15, 0.2) is 36.4 Å². The molecule has 0 saturated heterocycles. The monoisotopic (exact) mass is 314 g/mol. The molecule has 2 aromatic carbocycles. The van der Waals surface area contributed by atoms with Gasteiger partial charge in [-0.2, -0.15) is 0 Å². The molecule has 0 aliphatic rings. The molecular formula is C19H26N2O2. The Hall–Kier alpha value is -2.36. The Morgan fingerprint density at radius 3 is 2.48 bits per heavy atom. The van der Waals surface area contributed by atoms with E-state index in [1.54, 1.807) is 0 Å². The number of unbranched alkanes of at least 4 members (excludes halogenated alkanes) is 1. The molecule has 0 spiro atoms. The highest BCUT2D eigenvalue weighted by molar-refractivity contribution is 5.53. The molecule has 0 saturated carbocycles. The van der Waals surface area contributed by atoms with Gasteiger partial charge in [0.15, 0.2) is 0 Å². The van der Waals surface area contributed by atoms with Crippen LogP contribution in [0.1, 0.15) is 37.3 Å². The van der Waals surface area contributed by atoms with Crippen molar-refractivity contribution in [3.05, 3.63) is 47.5 Å². The summed E-state index contributed by atoms with van der Waals surface area (Å²) in [6.07, 6.45) is 2.58. The van der Waals surface area contributed by atoms with Gasteiger partial charge in [0.25, 0.3) is 0 Å². The van der Waals surface area contributed by atoms with Crippen LogP contribution in [0.4, 0.5) is 11.4 Å². The molecule has 2 rings (SSSR count). The van der Waals surface area contributed by atoms with E-state index in [-0.39, 0.29) is 6.29 Å². The van der Waals surface area contributed by atoms with Gasteiger partial charge in [-0.25, -0.2) is 0 Å². The lowest BCUT2D eigenvalue weighted by molar-refractivity contribution is -0.00257. The van der Waals surface area contributed by atoms with Crippen molar-refractivity contribution in [1.82, 2.24) is 0 Å². The fourth-order valence-corrected chi connectivity index (χ4v) is 2.29. The maximum Gasteiger partial charge on any atom is 0.241 e. The number of nitrogens with two attached hydrogens (primary N) is 2. The third-order valence-electron chi connectivity index (χ3n) is 3.89. The van der Waals surface area contributed by atoms with Crippen molar-refractivity contribution in [3.8, 4) is 11.5 Å². The summed E-state index contributed by atoms with van der Waals surface area (Å²) in [4.78, 5) is 0. The van der Waals surface area contributed by atoms with Crippen molar-refractivity contribution >= 4 is 11.4 Å². The molecule has 0 aliphatic heterocycles. The van der Waals surface area contributed by atoms with E-state index in [4.69, 9.17) is 20.9 Å². The van der Waals surface area contributed by atoms with Gasteiger partial charge in [0.1, 0.15) is 11.5 Å². The van der Waals surface area contributed by atoms with Gasteiger partial charge in [0.2, 0.25) is 6.29 Å². The summed E-state index contributed by atoms with van der Waals surface area (Å²) in [6.45, 7) is 6.07. The van der Waals surface area contributed by atoms with Crippen molar-refractivity contribution in [2.75, 3.05) is 11.5 Å². The largest absolute Gasteiger partial charge is 0.455 e. The van der Waals surface area contributed by atoms with E-state index in [9.17, 15) is 0 Å². The van der Waals surface area contributed by atoms with Gasteiger partial charge in [-0.1, -0.05) is 19.4 Å². The number of aryl methyl sites for hydroxylation is 1. The van der Waals surface area contributed by atoms with Crippen LogP contribution < -0.4 is 20.9 Å². The summed E-state index contributed by atoms with van der Waals surface area (Å²) in [5, 5.41) is 0. The first-order chi connectivity index (χ1) is 11.0. The van der Waals surface area contributed by atoms with Crippen LogP contribution in [0.5, 0.6) is 11.5 Å². The summed E-state index contributed by atoms with van der Waals surface area (Å²) in [5.74, 6) is 1.53. The molecule has 0 bridgehead atoms. The molecule has 2 aromatic rings. The fourth-order valence-electron chi connectivity index (χ4n) is 2.29. The molecule has 124 valence electrons. The van der Waals surface area contributed by atoms with E-state index >= 15 is 0 Å². The fraction of sp³-hybridized carbons (Fsp3) is 0.368. The first kappa shape index (κ1) is 17.0. The summed E-state index contributed by atoms with van der Waals surface area (Å²) >= 11 is 0. The second-order valence-corrected chi connectivity index (χ2v) is 5.80. The van der Waals surface area contributed by atoms with E-state index in [2.05, 4.69) is 6.92 Å². The minimum Gasteiger partial charge on any atom is -0.455 e. The maximum absolute atomic E-state index is 6.07. The smallest absolute Gasteiger partial charge is 0.241 e. The highest BCUT2D eigenvalue weighted by Gasteiger charge is 2.14. The molecule has 1 unspecified atom stereocenters. The zero-order valence-corrected chi connectivity index (χ0v) is 14.1. The first-order valence-electron chi connectivity index (χ1n) is 8.05. The lowest BCUT2D eigenvalue weighted by atomic mass is 10.2. The van der Waals surface area contributed by atoms with E-state index in [0.29, 0.717) is 0 Å². The van der Waals surface area contributed by atoms with Crippen LogP contribution in [0.3, 0.4) is 0 Å². The van der Waals surface area contributed by atoms with Gasteiger partial charge in [-0.05, 0) is 56.2 Å². The van der Waals surface area contributed by atoms with Crippen LogP contribution >= 0.6 is 0 Å². The quantitative estimate of drug-likeness (QED) is 0.585. The van der Waals surface area contributed by atoms with E-state index in [1.807, 2.05) is 50.2 Å². The second kappa shape index (κ2) is 7.77. The van der Waals surface area contributed by atoms with Gasteiger partial charge in [-0.15, -0.1) is 0 Å². The third kappa shape index (κ3) is 4.55. The number of nitrogen functional groups attached to an aromatic ring is 2. The Morgan fingerprint density at radius 1 is 1.00 bits per heavy atom. The van der Waals surface area contributed by atoms with Gasteiger partial charge in [0.05, 0.1) is 0 Å². The minimum atomic E-state index is -0.349. The Morgan fingerprint density at radius 2 is 1.78 bits per heavy atom. The summed E-state index contributed by atoms with van der Waals surface area (Å²) in [5.41, 5.74) is 15.2. The molecule has 0 aliphatic carbocycles. The zero-order chi connectivity index (χ0) is 16.8.